The van der Waals surface area contributed by atoms with Crippen molar-refractivity contribution < 1.29 is 19.6 Å². The molecule has 1 saturated heterocycles. The molecule has 1 N–H and O–H groups in total. The van der Waals surface area contributed by atoms with Crippen molar-refractivity contribution in [1.82, 2.24) is 4.90 Å². The lowest BCUT2D eigenvalue weighted by molar-refractivity contribution is -0.906. The van der Waals surface area contributed by atoms with Crippen molar-refractivity contribution in [2.75, 3.05) is 32.7 Å². The van der Waals surface area contributed by atoms with Gasteiger partial charge in [-0.05, 0) is 6.07 Å². The summed E-state index contributed by atoms with van der Waals surface area (Å²) in [6, 6.07) is 6.26. The van der Waals surface area contributed by atoms with Gasteiger partial charge in [-0.2, -0.15) is 0 Å². The topological polar surface area (TPSA) is 64.9 Å². The highest BCUT2D eigenvalue weighted by Crippen LogP contribution is 2.11. The van der Waals surface area contributed by atoms with Gasteiger partial charge in [0.05, 0.1) is 38.7 Å². The number of rotatable bonds is 4. The molecular weight excluding hydrogens is 268 g/mol. The molecule has 1 aliphatic rings. The van der Waals surface area contributed by atoms with Crippen molar-refractivity contribution in [2.24, 2.45) is 5.92 Å². The summed E-state index contributed by atoms with van der Waals surface area (Å²) >= 11 is 0. The number of carbonyl (C=O) groups excluding carboxylic acids is 2. The fourth-order valence-corrected chi connectivity index (χ4v) is 2.83. The van der Waals surface area contributed by atoms with E-state index in [0.717, 1.165) is 19.6 Å². The molecule has 0 radical (unpaired) electrons. The van der Waals surface area contributed by atoms with Crippen molar-refractivity contribution >= 4 is 11.9 Å². The van der Waals surface area contributed by atoms with E-state index in [-0.39, 0.29) is 17.0 Å². The Hall–Kier alpha value is -1.88. The van der Waals surface area contributed by atoms with Gasteiger partial charge in [0, 0.05) is 17.0 Å². The molecule has 5 heteroatoms. The molecule has 5 nitrogen and oxygen atoms in total. The van der Waals surface area contributed by atoms with E-state index in [9.17, 15) is 14.7 Å². The molecule has 0 aliphatic carbocycles. The first-order chi connectivity index (χ1) is 9.99. The summed E-state index contributed by atoms with van der Waals surface area (Å²) in [4.78, 5) is 26.8. The summed E-state index contributed by atoms with van der Waals surface area (Å²) in [5.74, 6) is -0.873. The number of nitrogens with zero attached hydrogens (tertiary/aromatic N) is 1. The highest BCUT2D eigenvalue weighted by Gasteiger charge is 2.26. The number of carboxylic acids is 1. The van der Waals surface area contributed by atoms with Crippen molar-refractivity contribution in [3.8, 4) is 0 Å². The molecule has 0 atom stereocenters. The standard InChI is InChI=1S/C16H22N2O3/c1-12(2)11-17-7-9-18(10-8-17)15(19)13-5-3-4-6-14(13)16(20)21/h3-6,12H,7-11H2,1-2H3,(H,20,21). The highest BCUT2D eigenvalue weighted by molar-refractivity contribution is 6.04. The van der Waals surface area contributed by atoms with E-state index in [1.54, 1.807) is 23.1 Å². The van der Waals surface area contributed by atoms with E-state index in [2.05, 4.69) is 13.8 Å². The molecule has 1 fully saturated rings. The SMILES string of the molecule is CC(C)C[NH+]1CCN(C(=O)c2ccccc2C(=O)[O-])CC1. The number of benzene rings is 1. The van der Waals surface area contributed by atoms with Crippen molar-refractivity contribution in [3.05, 3.63) is 35.4 Å². The number of carboxylic acid groups (broad SMARTS) is 1. The molecule has 1 heterocycles. The van der Waals surface area contributed by atoms with E-state index < -0.39 is 5.97 Å². The lowest BCUT2D eigenvalue weighted by Crippen LogP contribution is -3.15. The first-order valence-electron chi connectivity index (χ1n) is 7.42. The van der Waals surface area contributed by atoms with Gasteiger partial charge in [0.2, 0.25) is 0 Å². The van der Waals surface area contributed by atoms with Crippen LogP contribution in [0, 0.1) is 5.92 Å². The van der Waals surface area contributed by atoms with Crippen LogP contribution in [0.2, 0.25) is 0 Å². The summed E-state index contributed by atoms with van der Waals surface area (Å²) in [5, 5.41) is 11.1. The third-order valence-electron chi connectivity index (χ3n) is 3.83. The average molecular weight is 290 g/mol. The average Bonchev–Trinajstić information content (AvgIpc) is 2.46. The lowest BCUT2D eigenvalue weighted by Gasteiger charge is -2.33. The Morgan fingerprint density at radius 3 is 2.29 bits per heavy atom. The minimum atomic E-state index is -1.30. The van der Waals surface area contributed by atoms with E-state index in [1.165, 1.54) is 11.0 Å². The van der Waals surface area contributed by atoms with E-state index in [4.69, 9.17) is 0 Å². The quantitative estimate of drug-likeness (QED) is 0.777. The summed E-state index contributed by atoms with van der Waals surface area (Å²) in [6.45, 7) is 8.66. The largest absolute Gasteiger partial charge is 0.545 e. The zero-order valence-corrected chi connectivity index (χ0v) is 12.6. The molecule has 1 aromatic rings. The molecule has 1 aliphatic heterocycles. The zero-order chi connectivity index (χ0) is 15.4. The van der Waals surface area contributed by atoms with Gasteiger partial charge in [0.15, 0.2) is 0 Å². The lowest BCUT2D eigenvalue weighted by atomic mass is 10.1. The Morgan fingerprint density at radius 1 is 1.19 bits per heavy atom. The second kappa shape index (κ2) is 6.72. The predicted molar refractivity (Wildman–Crippen MR) is 77.1 cm³/mol. The maximum atomic E-state index is 12.5. The number of aromatic carboxylic acids is 1. The molecule has 0 saturated carbocycles. The van der Waals surface area contributed by atoms with E-state index >= 15 is 0 Å². The van der Waals surface area contributed by atoms with Crippen molar-refractivity contribution in [3.63, 3.8) is 0 Å². The van der Waals surface area contributed by atoms with Gasteiger partial charge in [-0.1, -0.05) is 32.0 Å². The Morgan fingerprint density at radius 2 is 1.76 bits per heavy atom. The minimum Gasteiger partial charge on any atom is -0.545 e. The predicted octanol–water partition coefficient (Wildman–Crippen LogP) is -0.953. The van der Waals surface area contributed by atoms with Crippen LogP contribution in [0.3, 0.4) is 0 Å². The molecule has 2 rings (SSSR count). The second-order valence-corrected chi connectivity index (χ2v) is 5.97. The summed E-state index contributed by atoms with van der Waals surface area (Å²) in [5.41, 5.74) is 0.198. The fourth-order valence-electron chi connectivity index (χ4n) is 2.83. The maximum absolute atomic E-state index is 12.5. The van der Waals surface area contributed by atoms with Gasteiger partial charge < -0.3 is 19.7 Å². The third-order valence-corrected chi connectivity index (χ3v) is 3.83. The van der Waals surface area contributed by atoms with Gasteiger partial charge in [0.25, 0.3) is 5.91 Å². The Kier molecular flexibility index (Phi) is 4.96. The first-order valence-corrected chi connectivity index (χ1v) is 7.42. The van der Waals surface area contributed by atoms with Crippen molar-refractivity contribution in [2.45, 2.75) is 13.8 Å². The summed E-state index contributed by atoms with van der Waals surface area (Å²) in [7, 11) is 0. The van der Waals surface area contributed by atoms with Gasteiger partial charge in [-0.15, -0.1) is 0 Å². The van der Waals surface area contributed by atoms with E-state index in [0.29, 0.717) is 19.0 Å². The molecule has 1 aromatic carbocycles. The van der Waals surface area contributed by atoms with Gasteiger partial charge in [-0.25, -0.2) is 0 Å². The molecule has 0 unspecified atom stereocenters. The van der Waals surface area contributed by atoms with Crippen LogP contribution < -0.4 is 10.0 Å². The normalized spacial score (nSPS) is 16.2. The van der Waals surface area contributed by atoms with Crippen LogP contribution in [0.5, 0.6) is 0 Å². The Balaban J connectivity index is 2.04. The third kappa shape index (κ3) is 3.82. The number of hydrogen-bond acceptors (Lipinski definition) is 3. The second-order valence-electron chi connectivity index (χ2n) is 5.97. The number of piperazine rings is 1. The number of carbonyl (C=O) groups is 2. The monoisotopic (exact) mass is 290 g/mol. The maximum Gasteiger partial charge on any atom is 0.254 e. The van der Waals surface area contributed by atoms with Crippen molar-refractivity contribution in [1.29, 1.82) is 0 Å². The van der Waals surface area contributed by atoms with Gasteiger partial charge >= 0.3 is 0 Å². The van der Waals surface area contributed by atoms with Crippen LogP contribution in [0.25, 0.3) is 0 Å². The number of hydrogen-bond donors (Lipinski definition) is 1. The van der Waals surface area contributed by atoms with Crippen LogP contribution in [-0.4, -0.2) is 49.5 Å². The zero-order valence-electron chi connectivity index (χ0n) is 12.6. The van der Waals surface area contributed by atoms with Crippen LogP contribution in [0.15, 0.2) is 24.3 Å². The highest BCUT2D eigenvalue weighted by atomic mass is 16.4. The Labute approximate surface area is 125 Å². The van der Waals surface area contributed by atoms with Crippen LogP contribution >= 0.6 is 0 Å². The van der Waals surface area contributed by atoms with E-state index in [1.807, 2.05) is 0 Å². The fraction of sp³-hybridized carbons (Fsp3) is 0.500. The van der Waals surface area contributed by atoms with Gasteiger partial charge in [0.1, 0.15) is 0 Å². The molecule has 21 heavy (non-hydrogen) atoms. The van der Waals surface area contributed by atoms with Crippen LogP contribution in [0.4, 0.5) is 0 Å². The van der Waals surface area contributed by atoms with Crippen LogP contribution in [0.1, 0.15) is 34.6 Å². The first kappa shape index (κ1) is 15.5. The summed E-state index contributed by atoms with van der Waals surface area (Å²) in [6.07, 6.45) is 0. The Bertz CT molecular complexity index is 520. The van der Waals surface area contributed by atoms with Gasteiger partial charge in [-0.3, -0.25) is 4.79 Å². The molecule has 1 amide bonds. The number of quaternary nitrogens is 1. The molecule has 0 aromatic heterocycles. The molecular formula is C16H22N2O3. The molecule has 0 bridgehead atoms. The number of amides is 1. The summed E-state index contributed by atoms with van der Waals surface area (Å²) < 4.78 is 0. The molecule has 0 spiro atoms. The smallest absolute Gasteiger partial charge is 0.254 e. The molecule has 114 valence electrons. The van der Waals surface area contributed by atoms with Crippen LogP contribution in [-0.2, 0) is 0 Å². The number of nitrogens with one attached hydrogen (secondary N) is 1. The minimum absolute atomic E-state index is 0.0283.